The van der Waals surface area contributed by atoms with Crippen LogP contribution in [0.3, 0.4) is 0 Å². The van der Waals surface area contributed by atoms with Crippen LogP contribution in [0.15, 0.2) is 59.5 Å². The molecule has 3 aromatic heterocycles. The van der Waals surface area contributed by atoms with Crippen molar-refractivity contribution in [2.24, 2.45) is 23.7 Å². The van der Waals surface area contributed by atoms with Crippen molar-refractivity contribution in [2.75, 3.05) is 155 Å². The highest BCUT2D eigenvalue weighted by Gasteiger charge is 2.29. The molecule has 6 fully saturated rings. The summed E-state index contributed by atoms with van der Waals surface area (Å²) in [5, 5.41) is 8.93. The lowest BCUT2D eigenvalue weighted by atomic mass is 9.98. The van der Waals surface area contributed by atoms with E-state index in [0.717, 1.165) is 133 Å². The molecular formula is C65H104BrN11O16S2. The zero-order valence-corrected chi connectivity index (χ0v) is 60.5. The Morgan fingerprint density at radius 1 is 0.432 bits per heavy atom. The molecule has 0 atom stereocenters. The highest BCUT2D eigenvalue weighted by molar-refractivity contribution is 9.10. The highest BCUT2D eigenvalue weighted by atomic mass is 79.9. The van der Waals surface area contributed by atoms with Crippen LogP contribution in [0.4, 0.5) is 30.6 Å². The second-order valence-electron chi connectivity index (χ2n) is 25.0. The van der Waals surface area contributed by atoms with E-state index in [2.05, 4.69) is 71.2 Å². The molecule has 30 heteroatoms. The van der Waals surface area contributed by atoms with E-state index in [1.807, 2.05) is 92.0 Å². The van der Waals surface area contributed by atoms with Crippen molar-refractivity contribution < 1.29 is 75.9 Å². The fourth-order valence-corrected chi connectivity index (χ4v) is 11.9. The Labute approximate surface area is 579 Å². The quantitative estimate of drug-likeness (QED) is 0.0322. The molecule has 4 amide bonds. The highest BCUT2D eigenvalue weighted by Crippen LogP contribution is 2.27. The molecule has 3 aromatic rings. The number of aliphatic hydroxyl groups excluding tert-OH is 1. The van der Waals surface area contributed by atoms with E-state index in [1.54, 1.807) is 25.8 Å². The van der Waals surface area contributed by atoms with Crippen molar-refractivity contribution in [2.45, 2.75) is 131 Å². The van der Waals surface area contributed by atoms with Crippen LogP contribution in [-0.2, 0) is 37.4 Å². The number of piperazine rings is 2. The van der Waals surface area contributed by atoms with Gasteiger partial charge in [0, 0.05) is 140 Å². The van der Waals surface area contributed by atoms with Gasteiger partial charge in [0.2, 0.25) is 17.6 Å². The monoisotopic (exact) mass is 1440 g/mol. The minimum absolute atomic E-state index is 0.0573. The summed E-state index contributed by atoms with van der Waals surface area (Å²) in [6, 6.07) is 11.7. The molecule has 6 saturated heterocycles. The van der Waals surface area contributed by atoms with Crippen LogP contribution in [0.1, 0.15) is 107 Å². The third-order valence-electron chi connectivity index (χ3n) is 16.3. The normalized spacial score (nSPS) is 18.1. The van der Waals surface area contributed by atoms with Crippen LogP contribution in [0.5, 0.6) is 17.6 Å². The summed E-state index contributed by atoms with van der Waals surface area (Å²) in [6.45, 7) is 29.9. The molecule has 95 heavy (non-hydrogen) atoms. The lowest BCUT2D eigenvalue weighted by Gasteiger charge is -2.34. The van der Waals surface area contributed by atoms with Gasteiger partial charge in [-0.2, -0.15) is 0 Å². The van der Waals surface area contributed by atoms with Gasteiger partial charge in [0.25, 0.3) is 0 Å². The molecule has 6 aliphatic heterocycles. The first-order valence-electron chi connectivity index (χ1n) is 33.4. The van der Waals surface area contributed by atoms with E-state index in [-0.39, 0.29) is 55.4 Å². The molecule has 1 N–H and O–H groups in total. The number of aliphatic hydroxyl groups is 1. The third kappa shape index (κ3) is 29.6. The molecule has 6 aliphatic rings. The topological polar surface area (TPSA) is 255 Å². The van der Waals surface area contributed by atoms with Gasteiger partial charge in [-0.3, -0.25) is 0 Å². The zero-order valence-electron chi connectivity index (χ0n) is 57.3. The molecule has 27 nitrogen and oxygen atoms in total. The van der Waals surface area contributed by atoms with Gasteiger partial charge in [-0.1, -0.05) is 0 Å². The van der Waals surface area contributed by atoms with Crippen LogP contribution in [0.2, 0.25) is 0 Å². The minimum atomic E-state index is -0.226. The standard InChI is InChI=1S/2C20H32N4O5S.C15H21BrN2O3.C10H19NO3/c2*1-16(2)28-20(25)23-8-6-17(7-9-23)15-27-19-5-4-18(14-21-19)22-10-12-24(13-11-22)30-29-26-3;1-11(2)21-15(19)18-7-5-12(6-8-18)10-20-14-4-3-13(16)9-17-14;1-8(2)14-10(13)11-5-3-9(7-12)4-6-11/h2*4-5,14,16-17H,6-13,15H2,1-3H3;3-4,9,11-12H,5-8,10H2,1-2H3;8-9,12H,3-7H2,1-2H3. The number of carbonyl (C=O) groups excluding carboxylic acids is 4. The summed E-state index contributed by atoms with van der Waals surface area (Å²) in [6.07, 6.45) is 11.6. The number of nitrogens with zero attached hydrogens (tertiary/aromatic N) is 11. The molecule has 0 radical (unpaired) electrons. The number of halogens is 1. The molecule has 0 spiro atoms. The van der Waals surface area contributed by atoms with Gasteiger partial charge < -0.3 is 67.7 Å². The predicted octanol–water partition coefficient (Wildman–Crippen LogP) is 10.7. The molecule has 0 unspecified atom stereocenters. The number of anilines is 2. The van der Waals surface area contributed by atoms with Crippen molar-refractivity contribution in [1.29, 1.82) is 0 Å². The Morgan fingerprint density at radius 3 is 0.958 bits per heavy atom. The third-order valence-corrected chi connectivity index (χ3v) is 18.3. The Morgan fingerprint density at radius 2 is 0.716 bits per heavy atom. The predicted molar refractivity (Wildman–Crippen MR) is 367 cm³/mol. The van der Waals surface area contributed by atoms with Gasteiger partial charge >= 0.3 is 24.4 Å². The largest absolute Gasteiger partial charge is 0.477 e. The Balaban J connectivity index is 0.000000208. The second-order valence-corrected chi connectivity index (χ2v) is 27.6. The Bertz CT molecular complexity index is 2510. The van der Waals surface area contributed by atoms with Crippen molar-refractivity contribution >= 4 is 76.1 Å². The van der Waals surface area contributed by atoms with Crippen LogP contribution >= 0.6 is 40.4 Å². The molecule has 0 bridgehead atoms. The number of amides is 4. The van der Waals surface area contributed by atoms with Gasteiger partial charge in [-0.25, -0.2) is 52.5 Å². The number of pyridine rings is 3. The number of hydrogen-bond acceptors (Lipinski definition) is 25. The van der Waals surface area contributed by atoms with Crippen molar-refractivity contribution in [3.8, 4) is 17.6 Å². The van der Waals surface area contributed by atoms with Gasteiger partial charge in [-0.05, 0) is 165 Å². The number of carbonyl (C=O) groups is 4. The lowest BCUT2D eigenvalue weighted by Crippen LogP contribution is -2.43. The number of piperidine rings is 4. The van der Waals surface area contributed by atoms with E-state index in [4.69, 9.17) is 46.9 Å². The number of aromatic nitrogens is 3. The first-order chi connectivity index (χ1) is 45.8. The zero-order chi connectivity index (χ0) is 68.5. The summed E-state index contributed by atoms with van der Waals surface area (Å²) in [5.74, 6) is 3.59. The maximum atomic E-state index is 12.0. The van der Waals surface area contributed by atoms with E-state index < -0.39 is 0 Å². The summed E-state index contributed by atoms with van der Waals surface area (Å²) in [4.78, 5) is 81.2. The van der Waals surface area contributed by atoms with Crippen molar-refractivity contribution in [1.82, 2.24) is 43.2 Å². The van der Waals surface area contributed by atoms with Crippen LogP contribution in [-0.4, -0.2) is 242 Å². The molecule has 9 heterocycles. The number of rotatable bonds is 22. The maximum absolute atomic E-state index is 12.0. The average Bonchev–Trinajstić information content (AvgIpc) is 0.995. The summed E-state index contributed by atoms with van der Waals surface area (Å²) in [5.41, 5.74) is 2.19. The van der Waals surface area contributed by atoms with Crippen molar-refractivity contribution in [3.63, 3.8) is 0 Å². The van der Waals surface area contributed by atoms with Crippen LogP contribution in [0, 0.1) is 23.7 Å². The summed E-state index contributed by atoms with van der Waals surface area (Å²) in [7, 11) is 3.01. The smallest absolute Gasteiger partial charge is 0.410 e. The SMILES string of the molecule is CC(C)OC(=O)N1CCC(CO)CC1.CC(C)OC(=O)N1CCC(COc2ccc(Br)cn2)CC1.COOSN1CCN(c2ccc(OCC3CCN(C(=O)OC(C)C)CC3)nc2)CC1.COOSN1CCN(c2ccc(OCC3CCN(C(=O)OC(C)C)CC3)nc2)CC1. The van der Waals surface area contributed by atoms with Crippen LogP contribution < -0.4 is 24.0 Å². The Kier molecular flexibility index (Phi) is 35.5. The van der Waals surface area contributed by atoms with Crippen molar-refractivity contribution in [3.05, 3.63) is 59.5 Å². The number of likely N-dealkylation sites (tertiary alicyclic amines) is 4. The van der Waals surface area contributed by atoms with Crippen LogP contribution in [0.25, 0.3) is 0 Å². The second kappa shape index (κ2) is 43.0. The Hall–Kier alpha value is -5.57. The summed E-state index contributed by atoms with van der Waals surface area (Å²) >= 11 is 5.83. The molecule has 9 rings (SSSR count). The van der Waals surface area contributed by atoms with Gasteiger partial charge in [0.05, 0.1) is 82.2 Å². The average molecular weight is 1440 g/mol. The fraction of sp³-hybridized carbons (Fsp3) is 0.708. The van der Waals surface area contributed by atoms with E-state index in [1.165, 1.54) is 38.7 Å². The molecule has 534 valence electrons. The number of hydrogen-bond donors (Lipinski definition) is 1. The molecule has 0 aromatic carbocycles. The molecule has 0 aliphatic carbocycles. The lowest BCUT2D eigenvalue weighted by molar-refractivity contribution is -0.163. The van der Waals surface area contributed by atoms with E-state index in [9.17, 15) is 19.2 Å². The maximum Gasteiger partial charge on any atom is 0.410 e. The molecule has 0 saturated carbocycles. The fourth-order valence-electron chi connectivity index (χ4n) is 10.8. The molecular weight excluding hydrogens is 1330 g/mol. The summed E-state index contributed by atoms with van der Waals surface area (Å²) < 4.78 is 53.3. The van der Waals surface area contributed by atoms with Gasteiger partial charge in [0.1, 0.15) is 24.5 Å². The number of ether oxygens (including phenoxy) is 7. The van der Waals surface area contributed by atoms with Gasteiger partial charge in [-0.15, -0.1) is 8.67 Å². The van der Waals surface area contributed by atoms with E-state index >= 15 is 0 Å². The first-order valence-corrected chi connectivity index (χ1v) is 35.6. The van der Waals surface area contributed by atoms with E-state index in [0.29, 0.717) is 100 Å². The van der Waals surface area contributed by atoms with Gasteiger partial charge in [0.15, 0.2) is 0 Å². The first kappa shape index (κ1) is 78.4. The minimum Gasteiger partial charge on any atom is -0.477 e.